The normalized spacial score (nSPS) is 14.7. The Morgan fingerprint density at radius 2 is 2.20 bits per heavy atom. The molecule has 130 valence electrons. The van der Waals surface area contributed by atoms with Crippen LogP contribution < -0.4 is 0 Å². The molecule has 0 fully saturated rings. The van der Waals surface area contributed by atoms with E-state index in [2.05, 4.69) is 10.00 Å². The SMILES string of the molecule is CN1CCc2c(Cl)ccc3oc(C(=O)OCn4cc(Cl)cn4)c(c23)C1. The third-order valence-electron chi connectivity index (χ3n) is 4.29. The molecule has 1 aromatic carbocycles. The largest absolute Gasteiger partial charge is 0.449 e. The molecule has 3 heterocycles. The zero-order valence-corrected chi connectivity index (χ0v) is 15.0. The highest BCUT2D eigenvalue weighted by Gasteiger charge is 2.27. The maximum absolute atomic E-state index is 12.6. The fraction of sp³-hybridized carbons (Fsp3) is 0.294. The van der Waals surface area contributed by atoms with Crippen molar-refractivity contribution >= 4 is 40.1 Å². The Labute approximate surface area is 153 Å². The van der Waals surface area contributed by atoms with Crippen LogP contribution in [0.4, 0.5) is 0 Å². The molecule has 25 heavy (non-hydrogen) atoms. The summed E-state index contributed by atoms with van der Waals surface area (Å²) in [5, 5.41) is 6.07. The molecule has 0 amide bonds. The smallest absolute Gasteiger partial charge is 0.376 e. The molecule has 0 spiro atoms. The van der Waals surface area contributed by atoms with Crippen molar-refractivity contribution in [2.75, 3.05) is 13.6 Å². The van der Waals surface area contributed by atoms with Gasteiger partial charge in [0.2, 0.25) is 5.76 Å². The van der Waals surface area contributed by atoms with Gasteiger partial charge in [0.05, 0.1) is 11.2 Å². The third-order valence-corrected chi connectivity index (χ3v) is 4.84. The van der Waals surface area contributed by atoms with Gasteiger partial charge in [-0.3, -0.25) is 0 Å². The average molecular weight is 380 g/mol. The van der Waals surface area contributed by atoms with Gasteiger partial charge in [-0.05, 0) is 31.2 Å². The number of carbonyl (C=O) groups is 1. The van der Waals surface area contributed by atoms with Crippen molar-refractivity contribution in [2.45, 2.75) is 19.7 Å². The molecule has 0 saturated carbocycles. The molecule has 0 radical (unpaired) electrons. The molecule has 0 N–H and O–H groups in total. The van der Waals surface area contributed by atoms with Crippen LogP contribution in [0.3, 0.4) is 0 Å². The van der Waals surface area contributed by atoms with Gasteiger partial charge in [0.25, 0.3) is 0 Å². The van der Waals surface area contributed by atoms with Crippen molar-refractivity contribution in [1.82, 2.24) is 14.7 Å². The van der Waals surface area contributed by atoms with Crippen molar-refractivity contribution in [3.05, 3.63) is 51.5 Å². The molecule has 1 aliphatic rings. The van der Waals surface area contributed by atoms with Crippen molar-refractivity contribution in [1.29, 1.82) is 0 Å². The average Bonchev–Trinajstić information content (AvgIpc) is 3.10. The Kier molecular flexibility index (Phi) is 4.19. The Bertz CT molecular complexity index is 964. The molecule has 3 aromatic rings. The third kappa shape index (κ3) is 3.01. The summed E-state index contributed by atoms with van der Waals surface area (Å²) < 4.78 is 12.6. The van der Waals surface area contributed by atoms with Crippen LogP contribution >= 0.6 is 23.2 Å². The minimum atomic E-state index is -0.532. The molecule has 0 saturated heterocycles. The molecular weight excluding hydrogens is 365 g/mol. The highest BCUT2D eigenvalue weighted by molar-refractivity contribution is 6.32. The van der Waals surface area contributed by atoms with E-state index in [1.165, 1.54) is 10.9 Å². The number of hydrogen-bond acceptors (Lipinski definition) is 5. The Hall–Kier alpha value is -2.02. The molecule has 1 aliphatic heterocycles. The lowest BCUT2D eigenvalue weighted by atomic mass is 10.0. The maximum atomic E-state index is 12.6. The number of aromatic nitrogens is 2. The van der Waals surface area contributed by atoms with Gasteiger partial charge >= 0.3 is 5.97 Å². The molecule has 2 aromatic heterocycles. The van der Waals surface area contributed by atoms with E-state index >= 15 is 0 Å². The maximum Gasteiger partial charge on any atom is 0.376 e. The molecule has 6 nitrogen and oxygen atoms in total. The Balaban J connectivity index is 1.70. The van der Waals surface area contributed by atoms with E-state index in [4.69, 9.17) is 32.4 Å². The van der Waals surface area contributed by atoms with E-state index in [-0.39, 0.29) is 12.5 Å². The van der Waals surface area contributed by atoms with Crippen LogP contribution in [0.25, 0.3) is 11.0 Å². The molecule has 0 bridgehead atoms. The van der Waals surface area contributed by atoms with Crippen molar-refractivity contribution in [2.24, 2.45) is 0 Å². The number of hydrogen-bond donors (Lipinski definition) is 0. The van der Waals surface area contributed by atoms with E-state index in [1.807, 2.05) is 7.05 Å². The lowest BCUT2D eigenvalue weighted by Gasteiger charge is -2.13. The number of carbonyl (C=O) groups excluding carboxylic acids is 1. The topological polar surface area (TPSA) is 60.5 Å². The van der Waals surface area contributed by atoms with Gasteiger partial charge in [-0.1, -0.05) is 23.2 Å². The first-order valence-electron chi connectivity index (χ1n) is 7.79. The standard InChI is InChI=1S/C17H15Cl2N3O3/c1-21-5-4-11-13(19)2-3-14-15(11)12(8-21)16(25-14)17(23)24-9-22-7-10(18)6-20-22/h2-3,6-7H,4-5,8-9H2,1H3. The predicted octanol–water partition coefficient (Wildman–Crippen LogP) is 3.74. The first-order valence-corrected chi connectivity index (χ1v) is 8.55. The summed E-state index contributed by atoms with van der Waals surface area (Å²) in [6.07, 6.45) is 3.86. The van der Waals surface area contributed by atoms with Crippen LogP contribution in [0.5, 0.6) is 0 Å². The number of halogens is 2. The van der Waals surface area contributed by atoms with Crippen LogP contribution in [0.15, 0.2) is 28.9 Å². The Morgan fingerprint density at radius 3 is 2.96 bits per heavy atom. The summed E-state index contributed by atoms with van der Waals surface area (Å²) in [5.74, 6) is -0.319. The lowest BCUT2D eigenvalue weighted by molar-refractivity contribution is 0.0313. The van der Waals surface area contributed by atoms with Gasteiger partial charge in [-0.25, -0.2) is 9.48 Å². The number of esters is 1. The van der Waals surface area contributed by atoms with Crippen molar-refractivity contribution in [3.8, 4) is 0 Å². The van der Waals surface area contributed by atoms with Crippen molar-refractivity contribution in [3.63, 3.8) is 0 Å². The first-order chi connectivity index (χ1) is 12.0. The van der Waals surface area contributed by atoms with Crippen LogP contribution in [-0.4, -0.2) is 34.2 Å². The molecule has 8 heteroatoms. The summed E-state index contributed by atoms with van der Waals surface area (Å²) in [6.45, 7) is 1.41. The molecule has 0 aliphatic carbocycles. The molecule has 0 unspecified atom stereocenters. The van der Waals surface area contributed by atoms with Gasteiger partial charge < -0.3 is 14.1 Å². The van der Waals surface area contributed by atoms with Gasteiger partial charge in [0.15, 0.2) is 6.73 Å². The number of likely N-dealkylation sites (N-methyl/N-ethyl adjacent to an activating group) is 1. The summed E-state index contributed by atoms with van der Waals surface area (Å²) in [4.78, 5) is 14.7. The fourth-order valence-corrected chi connectivity index (χ4v) is 3.52. The van der Waals surface area contributed by atoms with E-state index in [9.17, 15) is 4.79 Å². The van der Waals surface area contributed by atoms with Crippen LogP contribution in [0.2, 0.25) is 10.0 Å². The molecular formula is C17H15Cl2N3O3. The number of benzene rings is 1. The number of furan rings is 1. The molecule has 4 rings (SSSR count). The summed E-state index contributed by atoms with van der Waals surface area (Å²) >= 11 is 12.2. The van der Waals surface area contributed by atoms with Crippen LogP contribution in [-0.2, 0) is 24.4 Å². The van der Waals surface area contributed by atoms with Gasteiger partial charge in [0, 0.05) is 35.3 Å². The van der Waals surface area contributed by atoms with Crippen LogP contribution in [0.1, 0.15) is 21.7 Å². The van der Waals surface area contributed by atoms with E-state index in [1.54, 1.807) is 18.3 Å². The van der Waals surface area contributed by atoms with Crippen molar-refractivity contribution < 1.29 is 13.9 Å². The zero-order chi connectivity index (χ0) is 17.6. The summed E-state index contributed by atoms with van der Waals surface area (Å²) in [7, 11) is 2.00. The van der Waals surface area contributed by atoms with Gasteiger partial charge in [0.1, 0.15) is 5.58 Å². The first kappa shape index (κ1) is 16.4. The van der Waals surface area contributed by atoms with Crippen LogP contribution in [0, 0.1) is 0 Å². The monoisotopic (exact) mass is 379 g/mol. The van der Waals surface area contributed by atoms with E-state index in [0.717, 1.165) is 29.5 Å². The zero-order valence-electron chi connectivity index (χ0n) is 13.5. The van der Waals surface area contributed by atoms with Gasteiger partial charge in [-0.2, -0.15) is 5.10 Å². The second-order valence-electron chi connectivity index (χ2n) is 6.06. The second kappa shape index (κ2) is 6.37. The highest BCUT2D eigenvalue weighted by Crippen LogP contribution is 2.36. The lowest BCUT2D eigenvalue weighted by Crippen LogP contribution is -2.20. The fourth-order valence-electron chi connectivity index (χ4n) is 3.11. The minimum absolute atomic E-state index is 0.0362. The second-order valence-corrected chi connectivity index (χ2v) is 6.90. The van der Waals surface area contributed by atoms with E-state index < -0.39 is 5.97 Å². The quantitative estimate of drug-likeness (QED) is 0.648. The highest BCUT2D eigenvalue weighted by atomic mass is 35.5. The predicted molar refractivity (Wildman–Crippen MR) is 93.9 cm³/mol. The number of rotatable bonds is 3. The van der Waals surface area contributed by atoms with Gasteiger partial charge in [-0.15, -0.1) is 0 Å². The molecule has 0 atom stereocenters. The minimum Gasteiger partial charge on any atom is -0.449 e. The van der Waals surface area contributed by atoms with E-state index in [0.29, 0.717) is 22.2 Å². The summed E-state index contributed by atoms with van der Waals surface area (Å²) in [6, 6.07) is 3.60. The number of nitrogens with zero attached hydrogens (tertiary/aromatic N) is 3. The Morgan fingerprint density at radius 1 is 1.36 bits per heavy atom. The summed E-state index contributed by atoms with van der Waals surface area (Å²) in [5.41, 5.74) is 2.48. The number of ether oxygens (including phenoxy) is 1.